The van der Waals surface area contributed by atoms with E-state index < -0.39 is 0 Å². The molecule has 1 N–H and O–H groups in total. The van der Waals surface area contributed by atoms with Crippen LogP contribution in [0.15, 0.2) is 0 Å². The number of ether oxygens (including phenoxy) is 1. The summed E-state index contributed by atoms with van der Waals surface area (Å²) in [5.74, 6) is 0.314. The number of carbonyl (C=O) groups excluding carboxylic acids is 1. The van der Waals surface area contributed by atoms with Gasteiger partial charge in [0.2, 0.25) is 0 Å². The minimum Gasteiger partial charge on any atom is -0.395 e. The van der Waals surface area contributed by atoms with Gasteiger partial charge < -0.3 is 9.84 Å². The summed E-state index contributed by atoms with van der Waals surface area (Å²) >= 11 is 0. The summed E-state index contributed by atoms with van der Waals surface area (Å²) in [5, 5.41) is 8.89. The lowest BCUT2D eigenvalue weighted by Crippen LogP contribution is -2.41. The third-order valence-electron chi connectivity index (χ3n) is 2.68. The summed E-state index contributed by atoms with van der Waals surface area (Å²) in [6.07, 6.45) is 2.61. The first-order valence-electron chi connectivity index (χ1n) is 5.16. The van der Waals surface area contributed by atoms with Gasteiger partial charge in [-0.3, -0.25) is 9.69 Å². The zero-order chi connectivity index (χ0) is 10.4. The molecule has 0 saturated heterocycles. The number of ketones is 1. The van der Waals surface area contributed by atoms with Gasteiger partial charge in [0.05, 0.1) is 19.3 Å². The quantitative estimate of drug-likeness (QED) is 0.659. The lowest BCUT2D eigenvalue weighted by Gasteiger charge is -2.26. The minimum atomic E-state index is 0.0253. The summed E-state index contributed by atoms with van der Waals surface area (Å²) in [4.78, 5) is 13.5. The van der Waals surface area contributed by atoms with Crippen molar-refractivity contribution < 1.29 is 14.6 Å². The van der Waals surface area contributed by atoms with Crippen LogP contribution < -0.4 is 0 Å². The SMILES string of the molecule is COCCN(CCO)C1CCCC1=O. The van der Waals surface area contributed by atoms with Crippen LogP contribution >= 0.6 is 0 Å². The molecule has 4 heteroatoms. The molecular formula is C10H19NO3. The maximum absolute atomic E-state index is 11.5. The van der Waals surface area contributed by atoms with E-state index in [-0.39, 0.29) is 12.6 Å². The number of nitrogens with zero attached hydrogens (tertiary/aromatic N) is 1. The molecule has 0 aliphatic heterocycles. The highest BCUT2D eigenvalue weighted by Gasteiger charge is 2.29. The van der Waals surface area contributed by atoms with Crippen molar-refractivity contribution in [2.24, 2.45) is 0 Å². The Morgan fingerprint density at radius 3 is 2.86 bits per heavy atom. The molecule has 82 valence electrons. The minimum absolute atomic E-state index is 0.0253. The van der Waals surface area contributed by atoms with Crippen molar-refractivity contribution in [1.82, 2.24) is 4.90 Å². The molecule has 14 heavy (non-hydrogen) atoms. The average molecular weight is 201 g/mol. The van der Waals surface area contributed by atoms with Crippen LogP contribution in [0.5, 0.6) is 0 Å². The molecule has 0 amide bonds. The van der Waals surface area contributed by atoms with Crippen LogP contribution in [0, 0.1) is 0 Å². The Morgan fingerprint density at radius 1 is 1.57 bits per heavy atom. The fraction of sp³-hybridized carbons (Fsp3) is 0.900. The molecule has 0 aromatic rings. The Balaban J connectivity index is 2.43. The first kappa shape index (κ1) is 11.6. The number of methoxy groups -OCH3 is 1. The Hall–Kier alpha value is -0.450. The van der Waals surface area contributed by atoms with Crippen molar-refractivity contribution in [1.29, 1.82) is 0 Å². The second-order valence-corrected chi connectivity index (χ2v) is 3.63. The first-order valence-corrected chi connectivity index (χ1v) is 5.16. The zero-order valence-electron chi connectivity index (χ0n) is 8.74. The molecule has 0 radical (unpaired) electrons. The Kier molecular flexibility index (Phi) is 5.07. The lowest BCUT2D eigenvalue weighted by molar-refractivity contribution is -0.122. The molecule has 0 aromatic heterocycles. The van der Waals surface area contributed by atoms with Gasteiger partial charge in [0.15, 0.2) is 0 Å². The Labute approximate surface area is 84.8 Å². The van der Waals surface area contributed by atoms with Gasteiger partial charge in [-0.2, -0.15) is 0 Å². The normalized spacial score (nSPS) is 22.2. The molecule has 1 saturated carbocycles. The molecule has 1 fully saturated rings. The van der Waals surface area contributed by atoms with Crippen LogP contribution in [0.2, 0.25) is 0 Å². The molecule has 1 aliphatic rings. The molecule has 1 unspecified atom stereocenters. The van der Waals surface area contributed by atoms with Crippen molar-refractivity contribution in [2.75, 3.05) is 33.4 Å². The van der Waals surface area contributed by atoms with E-state index >= 15 is 0 Å². The van der Waals surface area contributed by atoms with E-state index in [9.17, 15) is 4.79 Å². The summed E-state index contributed by atoms with van der Waals surface area (Å²) in [5.41, 5.74) is 0. The van der Waals surface area contributed by atoms with E-state index in [0.29, 0.717) is 25.4 Å². The second kappa shape index (κ2) is 6.11. The molecular weight excluding hydrogens is 182 g/mol. The molecule has 0 bridgehead atoms. The van der Waals surface area contributed by atoms with Crippen LogP contribution in [0.4, 0.5) is 0 Å². The fourth-order valence-corrected chi connectivity index (χ4v) is 1.94. The van der Waals surface area contributed by atoms with Crippen LogP contribution in [-0.2, 0) is 9.53 Å². The van der Waals surface area contributed by atoms with Gasteiger partial charge in [-0.1, -0.05) is 0 Å². The highest BCUT2D eigenvalue weighted by molar-refractivity contribution is 5.85. The first-order chi connectivity index (χ1) is 6.79. The summed E-state index contributed by atoms with van der Waals surface area (Å²) in [7, 11) is 1.65. The largest absolute Gasteiger partial charge is 0.395 e. The number of aliphatic hydroxyl groups is 1. The summed E-state index contributed by atoms with van der Waals surface area (Å²) in [6.45, 7) is 2.02. The maximum atomic E-state index is 11.5. The number of aliphatic hydroxyl groups excluding tert-OH is 1. The average Bonchev–Trinajstić information content (AvgIpc) is 2.59. The molecule has 0 heterocycles. The Morgan fingerprint density at radius 2 is 2.36 bits per heavy atom. The smallest absolute Gasteiger partial charge is 0.149 e. The van der Waals surface area contributed by atoms with Gasteiger partial charge in [-0.05, 0) is 12.8 Å². The van der Waals surface area contributed by atoms with Gasteiger partial charge in [-0.15, -0.1) is 0 Å². The van der Waals surface area contributed by atoms with Crippen molar-refractivity contribution in [2.45, 2.75) is 25.3 Å². The van der Waals surface area contributed by atoms with E-state index in [4.69, 9.17) is 9.84 Å². The van der Waals surface area contributed by atoms with Gasteiger partial charge in [0.1, 0.15) is 5.78 Å². The fourth-order valence-electron chi connectivity index (χ4n) is 1.94. The van der Waals surface area contributed by atoms with Gasteiger partial charge >= 0.3 is 0 Å². The molecule has 1 aliphatic carbocycles. The Bertz CT molecular complexity index is 184. The van der Waals surface area contributed by atoms with Gasteiger partial charge in [-0.25, -0.2) is 0 Å². The topological polar surface area (TPSA) is 49.8 Å². The van der Waals surface area contributed by atoms with E-state index in [1.807, 2.05) is 4.90 Å². The van der Waals surface area contributed by atoms with E-state index in [2.05, 4.69) is 0 Å². The van der Waals surface area contributed by atoms with Crippen LogP contribution in [-0.4, -0.2) is 55.2 Å². The van der Waals surface area contributed by atoms with Crippen molar-refractivity contribution >= 4 is 5.78 Å². The molecule has 0 aromatic carbocycles. The van der Waals surface area contributed by atoms with Gasteiger partial charge in [0, 0.05) is 26.6 Å². The van der Waals surface area contributed by atoms with E-state index in [0.717, 1.165) is 19.4 Å². The van der Waals surface area contributed by atoms with E-state index in [1.54, 1.807) is 7.11 Å². The highest BCUT2D eigenvalue weighted by Crippen LogP contribution is 2.19. The van der Waals surface area contributed by atoms with Crippen LogP contribution in [0.25, 0.3) is 0 Å². The molecule has 4 nitrogen and oxygen atoms in total. The summed E-state index contributed by atoms with van der Waals surface area (Å²) < 4.78 is 4.98. The number of rotatable bonds is 6. The van der Waals surface area contributed by atoms with Crippen molar-refractivity contribution in [3.8, 4) is 0 Å². The third kappa shape index (κ3) is 3.04. The van der Waals surface area contributed by atoms with Crippen LogP contribution in [0.1, 0.15) is 19.3 Å². The van der Waals surface area contributed by atoms with E-state index in [1.165, 1.54) is 0 Å². The number of hydrogen-bond acceptors (Lipinski definition) is 4. The predicted molar refractivity (Wildman–Crippen MR) is 53.2 cm³/mol. The van der Waals surface area contributed by atoms with Crippen molar-refractivity contribution in [3.05, 3.63) is 0 Å². The van der Waals surface area contributed by atoms with Gasteiger partial charge in [0.25, 0.3) is 0 Å². The third-order valence-corrected chi connectivity index (χ3v) is 2.68. The summed E-state index contributed by atoms with van der Waals surface area (Å²) in [6, 6.07) is 0.0253. The maximum Gasteiger partial charge on any atom is 0.149 e. The number of hydrogen-bond donors (Lipinski definition) is 1. The standard InChI is InChI=1S/C10H19NO3/c1-14-8-6-11(5-7-12)9-3-2-4-10(9)13/h9,12H,2-8H2,1H3. The second-order valence-electron chi connectivity index (χ2n) is 3.63. The molecule has 1 atom stereocenters. The number of carbonyl (C=O) groups is 1. The monoisotopic (exact) mass is 201 g/mol. The van der Waals surface area contributed by atoms with Crippen LogP contribution in [0.3, 0.4) is 0 Å². The lowest BCUT2D eigenvalue weighted by atomic mass is 10.2. The highest BCUT2D eigenvalue weighted by atomic mass is 16.5. The molecule has 0 spiro atoms. The van der Waals surface area contributed by atoms with Crippen molar-refractivity contribution in [3.63, 3.8) is 0 Å². The molecule has 1 rings (SSSR count). The zero-order valence-corrected chi connectivity index (χ0v) is 8.74. The number of Topliss-reactive ketones (excluding diaryl/α,β-unsaturated/α-hetero) is 1. The predicted octanol–water partition coefficient (Wildman–Crippen LogP) is 0.0487.